The van der Waals surface area contributed by atoms with Crippen molar-refractivity contribution in [1.29, 1.82) is 0 Å². The highest BCUT2D eigenvalue weighted by Crippen LogP contribution is 2.48. The maximum Gasteiger partial charge on any atom is 0.407 e. The molecule has 12 nitrogen and oxygen atoms in total. The van der Waals surface area contributed by atoms with Crippen molar-refractivity contribution in [2.75, 3.05) is 64.8 Å². The Morgan fingerprint density at radius 1 is 0.827 bits per heavy atom. The molecule has 0 fully saturated rings. The number of hydrogen-bond donors (Lipinski definition) is 1. The molecule has 1 rings (SSSR count). The van der Waals surface area contributed by atoms with Crippen LogP contribution in [0.3, 0.4) is 0 Å². The van der Waals surface area contributed by atoms with Gasteiger partial charge >= 0.3 is 24.0 Å². The van der Waals surface area contributed by atoms with Crippen molar-refractivity contribution in [3.8, 4) is 0 Å². The molecule has 0 aliphatic rings. The summed E-state index contributed by atoms with van der Waals surface area (Å²) in [6, 6.07) is 5.66. The second kappa shape index (κ2) is 24.6. The molecule has 52 heavy (non-hydrogen) atoms. The average Bonchev–Trinajstić information content (AvgIpc) is 3.07. The molecular weight excluding hydrogens is 769 g/mol. The first-order chi connectivity index (χ1) is 24.4. The van der Waals surface area contributed by atoms with Crippen LogP contribution in [-0.4, -0.2) is 108 Å². The number of methoxy groups -OCH3 is 1. The zero-order chi connectivity index (χ0) is 39.3. The Kier molecular flexibility index (Phi) is 22.8. The van der Waals surface area contributed by atoms with Crippen LogP contribution in [0.4, 0.5) is 4.79 Å². The van der Waals surface area contributed by atoms with E-state index >= 15 is 0 Å². The van der Waals surface area contributed by atoms with Gasteiger partial charge in [0.15, 0.2) is 0 Å². The van der Waals surface area contributed by atoms with E-state index < -0.39 is 45.2 Å². The lowest BCUT2D eigenvalue weighted by Gasteiger charge is -2.40. The molecule has 1 N–H and O–H groups in total. The maximum atomic E-state index is 14.1. The highest BCUT2D eigenvalue weighted by atomic mass is 33.1. The molecular formula is C35H56N2O10S5. The van der Waals surface area contributed by atoms with Crippen molar-refractivity contribution in [1.82, 2.24) is 10.3 Å². The Morgan fingerprint density at radius 3 is 2.10 bits per heavy atom. The summed E-state index contributed by atoms with van der Waals surface area (Å²) in [4.78, 5) is 57.5. The van der Waals surface area contributed by atoms with E-state index in [1.165, 1.54) is 40.5 Å². The molecule has 1 amide bonds. The Balaban J connectivity index is 3.13. The number of ether oxygens (including phenoxy) is 6. The minimum Gasteiger partial charge on any atom is -0.464 e. The lowest BCUT2D eigenvalue weighted by atomic mass is 9.68. The molecule has 0 saturated carbocycles. The highest BCUT2D eigenvalue weighted by Gasteiger charge is 2.52. The molecule has 1 heterocycles. The number of carbonyl (C=O) groups excluding carboxylic acids is 4. The van der Waals surface area contributed by atoms with Crippen molar-refractivity contribution < 1.29 is 47.6 Å². The number of pyridine rings is 1. The van der Waals surface area contributed by atoms with Crippen LogP contribution in [0.1, 0.15) is 74.7 Å². The number of nitrogens with one attached hydrogen (secondary N) is 1. The van der Waals surface area contributed by atoms with Gasteiger partial charge in [-0.3, -0.25) is 14.4 Å². The third kappa shape index (κ3) is 19.0. The second-order valence-corrected chi connectivity index (χ2v) is 19.8. The predicted molar refractivity (Wildman–Crippen MR) is 215 cm³/mol. The molecule has 3 atom stereocenters. The van der Waals surface area contributed by atoms with Gasteiger partial charge in [-0.15, -0.1) is 11.8 Å². The molecule has 1 aromatic heterocycles. The molecule has 0 saturated heterocycles. The first-order valence-corrected chi connectivity index (χ1v) is 21.6. The Hall–Kier alpha value is -1.76. The van der Waals surface area contributed by atoms with Gasteiger partial charge in [0.1, 0.15) is 38.7 Å². The number of nitrogens with zero attached hydrogens (tertiary/aromatic N) is 1. The fourth-order valence-corrected chi connectivity index (χ4v) is 9.74. The summed E-state index contributed by atoms with van der Waals surface area (Å²) in [6.07, 6.45) is 1.51. The molecule has 0 aliphatic carbocycles. The fraction of sp³-hybridized carbons (Fsp3) is 0.714. The number of alkyl carbamates (subject to hydrolysis) is 1. The van der Waals surface area contributed by atoms with E-state index in [4.69, 9.17) is 40.6 Å². The number of carbonyl (C=O) groups is 4. The fourth-order valence-electron chi connectivity index (χ4n) is 4.86. The van der Waals surface area contributed by atoms with E-state index in [1.54, 1.807) is 47.7 Å². The van der Waals surface area contributed by atoms with Gasteiger partial charge in [0, 0.05) is 25.6 Å². The zero-order valence-corrected chi connectivity index (χ0v) is 35.9. The van der Waals surface area contributed by atoms with E-state index in [1.807, 2.05) is 32.0 Å². The third-order valence-corrected chi connectivity index (χ3v) is 12.2. The second-order valence-electron chi connectivity index (χ2n) is 13.4. The van der Waals surface area contributed by atoms with Crippen LogP contribution in [0.2, 0.25) is 0 Å². The molecule has 0 aromatic carbocycles. The number of rotatable bonds is 24. The molecule has 0 spiro atoms. The van der Waals surface area contributed by atoms with Crippen LogP contribution in [-0.2, 0) is 42.8 Å². The monoisotopic (exact) mass is 824 g/mol. The number of aromatic nitrogens is 1. The van der Waals surface area contributed by atoms with Gasteiger partial charge in [-0.05, 0) is 89.5 Å². The Labute approximate surface area is 331 Å². The maximum absolute atomic E-state index is 14.1. The van der Waals surface area contributed by atoms with Gasteiger partial charge < -0.3 is 33.7 Å². The van der Waals surface area contributed by atoms with Gasteiger partial charge in [0.05, 0.1) is 30.7 Å². The minimum atomic E-state index is -1.36. The molecule has 1 aromatic rings. The lowest BCUT2D eigenvalue weighted by molar-refractivity contribution is -0.166. The predicted octanol–water partition coefficient (Wildman–Crippen LogP) is 7.37. The van der Waals surface area contributed by atoms with E-state index in [0.717, 1.165) is 16.8 Å². The van der Waals surface area contributed by atoms with E-state index in [9.17, 15) is 19.2 Å². The van der Waals surface area contributed by atoms with E-state index in [2.05, 4.69) is 10.3 Å². The van der Waals surface area contributed by atoms with Crippen molar-refractivity contribution >= 4 is 84.9 Å². The summed E-state index contributed by atoms with van der Waals surface area (Å²) in [6.45, 7) is 15.0. The smallest absolute Gasteiger partial charge is 0.407 e. The van der Waals surface area contributed by atoms with Crippen LogP contribution in [0, 0.1) is 10.8 Å². The topological polar surface area (TPSA) is 149 Å². The van der Waals surface area contributed by atoms with Crippen LogP contribution >= 0.6 is 57.3 Å². The minimum absolute atomic E-state index is 0.0239. The summed E-state index contributed by atoms with van der Waals surface area (Å²) < 4.78 is 32.1. The van der Waals surface area contributed by atoms with Crippen molar-refractivity contribution in [3.05, 3.63) is 24.4 Å². The third-order valence-electron chi connectivity index (χ3n) is 7.35. The number of thiocarbonyl (C=S) groups is 1. The summed E-state index contributed by atoms with van der Waals surface area (Å²) >= 11 is 8.17. The summed E-state index contributed by atoms with van der Waals surface area (Å²) in [5.41, 5.74) is -3.08. The number of thioether (sulfide) groups is 2. The van der Waals surface area contributed by atoms with Crippen LogP contribution < -0.4 is 5.32 Å². The standard InChI is InChI=1S/C35H56N2O10S5/c1-10-33(6,27(38)46-22-23-50-52-26-14-12-13-15-36-26)24-34(7,25-35(8,51-31(48)49-11-2)29(40)45-20-18-42-9)28(39)44-21-19-43-17-16-37-30(41)47-32(3,4)5/h12-15H,10-11,16-25H2,1-9H3,(H,37,41). The molecule has 296 valence electrons. The Bertz CT molecular complexity index is 1270. The van der Waals surface area contributed by atoms with Gasteiger partial charge in [-0.2, -0.15) is 0 Å². The molecule has 0 bridgehead atoms. The van der Waals surface area contributed by atoms with Crippen LogP contribution in [0.15, 0.2) is 29.4 Å². The summed E-state index contributed by atoms with van der Waals surface area (Å²) in [5, 5.41) is 3.46. The Morgan fingerprint density at radius 2 is 1.48 bits per heavy atom. The van der Waals surface area contributed by atoms with E-state index in [-0.39, 0.29) is 59.0 Å². The lowest BCUT2D eigenvalue weighted by Crippen LogP contribution is -2.47. The van der Waals surface area contributed by atoms with Gasteiger partial charge in [-0.25, -0.2) is 9.78 Å². The molecule has 0 radical (unpaired) electrons. The SMILES string of the molecule is CCSC(=S)SC(C)(CC(C)(CC(C)(CC)C(=O)OCCSSc1ccccn1)C(=O)OCCOCCNC(=O)OC(C)(C)C)C(=O)OCCOC. The number of hydrogen-bond acceptors (Lipinski definition) is 16. The molecule has 17 heteroatoms. The number of esters is 3. The van der Waals surface area contributed by atoms with Crippen LogP contribution in [0.25, 0.3) is 0 Å². The van der Waals surface area contributed by atoms with Crippen molar-refractivity contribution in [2.24, 2.45) is 10.8 Å². The van der Waals surface area contributed by atoms with Gasteiger partial charge in [0.2, 0.25) is 0 Å². The summed E-state index contributed by atoms with van der Waals surface area (Å²) in [7, 11) is 4.52. The zero-order valence-electron chi connectivity index (χ0n) is 31.9. The van der Waals surface area contributed by atoms with Crippen molar-refractivity contribution in [2.45, 2.75) is 90.0 Å². The largest absolute Gasteiger partial charge is 0.464 e. The quantitative estimate of drug-likeness (QED) is 0.0363. The van der Waals surface area contributed by atoms with Gasteiger partial charge in [0.25, 0.3) is 0 Å². The first-order valence-electron chi connectivity index (χ1n) is 17.0. The van der Waals surface area contributed by atoms with Crippen LogP contribution in [0.5, 0.6) is 0 Å². The average molecular weight is 825 g/mol. The molecule has 3 unspecified atom stereocenters. The molecule has 0 aliphatic heterocycles. The number of amides is 1. The van der Waals surface area contributed by atoms with E-state index in [0.29, 0.717) is 21.5 Å². The van der Waals surface area contributed by atoms with Gasteiger partial charge in [-0.1, -0.05) is 54.7 Å². The van der Waals surface area contributed by atoms with Crippen molar-refractivity contribution in [3.63, 3.8) is 0 Å². The summed E-state index contributed by atoms with van der Waals surface area (Å²) in [5.74, 6) is -0.382. The normalized spacial score (nSPS) is 14.9. The first kappa shape index (κ1) is 48.3. The highest BCUT2D eigenvalue weighted by molar-refractivity contribution is 8.76.